The van der Waals surface area contributed by atoms with Crippen LogP contribution < -0.4 is 10.6 Å². The summed E-state index contributed by atoms with van der Waals surface area (Å²) in [5.74, 6) is 0.803. The lowest BCUT2D eigenvalue weighted by Crippen LogP contribution is -2.37. The van der Waals surface area contributed by atoms with Crippen molar-refractivity contribution in [3.8, 4) is 11.1 Å². The van der Waals surface area contributed by atoms with Crippen molar-refractivity contribution in [2.75, 3.05) is 26.8 Å². The zero-order valence-corrected chi connectivity index (χ0v) is 17.8. The molecule has 0 aliphatic carbocycles. The molecule has 1 aromatic heterocycles. The molecule has 0 saturated heterocycles. The quantitative estimate of drug-likeness (QED) is 0.307. The molecule has 0 unspecified atom stereocenters. The van der Waals surface area contributed by atoms with Crippen LogP contribution in [0.5, 0.6) is 0 Å². The number of rotatable bonds is 10. The summed E-state index contributed by atoms with van der Waals surface area (Å²) in [6.45, 7) is 5.90. The molecule has 0 saturated carbocycles. The van der Waals surface area contributed by atoms with Gasteiger partial charge in [-0.25, -0.2) is 4.98 Å². The second kappa shape index (κ2) is 11.8. The summed E-state index contributed by atoms with van der Waals surface area (Å²) in [6.07, 6.45) is 6.58. The van der Waals surface area contributed by atoms with Gasteiger partial charge in [-0.2, -0.15) is 0 Å². The Morgan fingerprint density at radius 3 is 2.67 bits per heavy atom. The van der Waals surface area contributed by atoms with Crippen LogP contribution in [0.3, 0.4) is 0 Å². The number of ether oxygens (including phenoxy) is 1. The highest BCUT2D eigenvalue weighted by atomic mass is 16.5. The van der Waals surface area contributed by atoms with Crippen LogP contribution in [0.25, 0.3) is 11.1 Å². The second-order valence-corrected chi connectivity index (χ2v) is 6.99. The molecule has 2 N–H and O–H groups in total. The molecule has 0 spiro atoms. The van der Waals surface area contributed by atoms with Crippen molar-refractivity contribution < 1.29 is 4.74 Å². The lowest BCUT2D eigenvalue weighted by atomic mass is 9.98. The van der Waals surface area contributed by atoms with Crippen molar-refractivity contribution in [2.45, 2.75) is 26.4 Å². The molecule has 3 rings (SSSR count). The maximum Gasteiger partial charge on any atom is 0.191 e. The van der Waals surface area contributed by atoms with Crippen LogP contribution in [-0.2, 0) is 17.8 Å². The van der Waals surface area contributed by atoms with Gasteiger partial charge in [0.15, 0.2) is 5.96 Å². The van der Waals surface area contributed by atoms with Gasteiger partial charge >= 0.3 is 0 Å². The average molecular weight is 406 g/mol. The maximum absolute atomic E-state index is 5.38. The number of aromatic nitrogens is 2. The molecule has 6 heteroatoms. The Kier molecular flexibility index (Phi) is 8.47. The van der Waals surface area contributed by atoms with Gasteiger partial charge in [0.2, 0.25) is 0 Å². The van der Waals surface area contributed by atoms with E-state index in [4.69, 9.17) is 4.74 Å². The first-order chi connectivity index (χ1) is 14.8. The van der Waals surface area contributed by atoms with E-state index in [1.165, 1.54) is 22.3 Å². The summed E-state index contributed by atoms with van der Waals surface area (Å²) < 4.78 is 7.44. The molecule has 0 fully saturated rings. The minimum atomic E-state index is 0.706. The van der Waals surface area contributed by atoms with Crippen LogP contribution in [0.15, 0.2) is 72.2 Å². The van der Waals surface area contributed by atoms with Crippen LogP contribution >= 0.6 is 0 Å². The fourth-order valence-electron chi connectivity index (χ4n) is 3.26. The van der Waals surface area contributed by atoms with Crippen LogP contribution in [0.1, 0.15) is 24.5 Å². The van der Waals surface area contributed by atoms with Gasteiger partial charge in [0, 0.05) is 52.3 Å². The van der Waals surface area contributed by atoms with E-state index in [0.29, 0.717) is 6.54 Å². The van der Waals surface area contributed by atoms with Crippen molar-refractivity contribution in [3.63, 3.8) is 0 Å². The minimum absolute atomic E-state index is 0.706. The normalized spacial score (nSPS) is 11.5. The van der Waals surface area contributed by atoms with Crippen molar-refractivity contribution in [2.24, 2.45) is 4.99 Å². The van der Waals surface area contributed by atoms with Gasteiger partial charge in [0.1, 0.15) is 0 Å². The molecule has 0 radical (unpaired) electrons. The van der Waals surface area contributed by atoms with Crippen molar-refractivity contribution in [1.82, 2.24) is 20.2 Å². The fourth-order valence-corrected chi connectivity index (χ4v) is 3.26. The van der Waals surface area contributed by atoms with Gasteiger partial charge < -0.3 is 19.9 Å². The summed E-state index contributed by atoms with van der Waals surface area (Å²) in [5, 5.41) is 6.75. The van der Waals surface area contributed by atoms with E-state index in [2.05, 4.69) is 73.7 Å². The minimum Gasteiger partial charge on any atom is -0.382 e. The standard InChI is InChI=1S/C24H31N5O/c1-3-30-16-6-13-27-24(25-2)28-17-22-7-4-5-8-23(22)21-11-9-20(10-12-21)18-29-15-14-26-19-29/h4-5,7-12,14-15,19H,3,6,13,16-18H2,1-2H3,(H2,25,27,28). The number of benzene rings is 2. The van der Waals surface area contributed by atoms with Gasteiger partial charge in [0.05, 0.1) is 6.33 Å². The number of imidazole rings is 1. The Bertz CT molecular complexity index is 904. The fraction of sp³-hybridized carbons (Fsp3) is 0.333. The Hall–Kier alpha value is -3.12. The Morgan fingerprint density at radius 1 is 1.10 bits per heavy atom. The monoisotopic (exact) mass is 405 g/mol. The average Bonchev–Trinajstić information content (AvgIpc) is 3.29. The van der Waals surface area contributed by atoms with Crippen LogP contribution in [0.4, 0.5) is 0 Å². The molecule has 3 aromatic rings. The third-order valence-corrected chi connectivity index (χ3v) is 4.84. The molecule has 0 atom stereocenters. The SMILES string of the molecule is CCOCCCNC(=NC)NCc1ccccc1-c1ccc(Cn2ccnc2)cc1. The highest BCUT2D eigenvalue weighted by Crippen LogP contribution is 2.24. The summed E-state index contributed by atoms with van der Waals surface area (Å²) in [5.41, 5.74) is 4.92. The number of guanidine groups is 1. The summed E-state index contributed by atoms with van der Waals surface area (Å²) in [4.78, 5) is 8.42. The van der Waals surface area contributed by atoms with Gasteiger partial charge in [-0.05, 0) is 35.6 Å². The van der Waals surface area contributed by atoms with E-state index in [1.807, 2.05) is 19.4 Å². The molecule has 0 aliphatic heterocycles. The van der Waals surface area contributed by atoms with Gasteiger partial charge in [-0.15, -0.1) is 0 Å². The van der Waals surface area contributed by atoms with E-state index >= 15 is 0 Å². The van der Waals surface area contributed by atoms with E-state index in [1.54, 1.807) is 13.2 Å². The molecular weight excluding hydrogens is 374 g/mol. The molecule has 2 aromatic carbocycles. The third-order valence-electron chi connectivity index (χ3n) is 4.84. The zero-order valence-electron chi connectivity index (χ0n) is 17.8. The van der Waals surface area contributed by atoms with Gasteiger partial charge in [-0.3, -0.25) is 4.99 Å². The van der Waals surface area contributed by atoms with Crippen molar-refractivity contribution >= 4 is 5.96 Å². The number of aliphatic imine (C=N–C) groups is 1. The first-order valence-corrected chi connectivity index (χ1v) is 10.5. The Labute approximate surface area is 179 Å². The Morgan fingerprint density at radius 2 is 1.93 bits per heavy atom. The first-order valence-electron chi connectivity index (χ1n) is 10.5. The molecule has 0 bridgehead atoms. The molecule has 0 aliphatic rings. The summed E-state index contributed by atoms with van der Waals surface area (Å²) >= 11 is 0. The number of nitrogens with zero attached hydrogens (tertiary/aromatic N) is 3. The summed E-state index contributed by atoms with van der Waals surface area (Å²) in [7, 11) is 1.79. The number of hydrogen-bond donors (Lipinski definition) is 2. The number of nitrogens with one attached hydrogen (secondary N) is 2. The second-order valence-electron chi connectivity index (χ2n) is 6.99. The lowest BCUT2D eigenvalue weighted by molar-refractivity contribution is 0.145. The predicted octanol–water partition coefficient (Wildman–Crippen LogP) is 3.69. The predicted molar refractivity (Wildman–Crippen MR) is 123 cm³/mol. The van der Waals surface area contributed by atoms with E-state index in [0.717, 1.165) is 38.7 Å². The topological polar surface area (TPSA) is 63.5 Å². The molecule has 158 valence electrons. The molecule has 30 heavy (non-hydrogen) atoms. The highest BCUT2D eigenvalue weighted by Gasteiger charge is 2.06. The molecule has 0 amide bonds. The smallest absolute Gasteiger partial charge is 0.191 e. The van der Waals surface area contributed by atoms with Crippen LogP contribution in [0.2, 0.25) is 0 Å². The first kappa shape index (κ1) is 21.6. The lowest BCUT2D eigenvalue weighted by Gasteiger charge is -2.15. The van der Waals surface area contributed by atoms with Crippen molar-refractivity contribution in [1.29, 1.82) is 0 Å². The van der Waals surface area contributed by atoms with Crippen molar-refractivity contribution in [3.05, 3.63) is 78.4 Å². The van der Waals surface area contributed by atoms with E-state index < -0.39 is 0 Å². The number of hydrogen-bond acceptors (Lipinski definition) is 3. The highest BCUT2D eigenvalue weighted by molar-refractivity contribution is 5.80. The largest absolute Gasteiger partial charge is 0.382 e. The van der Waals surface area contributed by atoms with E-state index in [-0.39, 0.29) is 0 Å². The van der Waals surface area contributed by atoms with Crippen LogP contribution in [-0.4, -0.2) is 42.3 Å². The van der Waals surface area contributed by atoms with Gasteiger partial charge in [-0.1, -0.05) is 48.5 Å². The maximum atomic E-state index is 5.38. The third kappa shape index (κ3) is 6.46. The van der Waals surface area contributed by atoms with Crippen LogP contribution in [0, 0.1) is 0 Å². The molecular formula is C24H31N5O. The summed E-state index contributed by atoms with van der Waals surface area (Å²) in [6, 6.07) is 17.2. The zero-order chi connectivity index (χ0) is 21.0. The molecule has 6 nitrogen and oxygen atoms in total. The molecule has 1 heterocycles. The van der Waals surface area contributed by atoms with E-state index in [9.17, 15) is 0 Å². The Balaban J connectivity index is 1.60. The van der Waals surface area contributed by atoms with Gasteiger partial charge in [0.25, 0.3) is 0 Å².